The third kappa shape index (κ3) is 6.01. The summed E-state index contributed by atoms with van der Waals surface area (Å²) in [7, 11) is 1.80. The van der Waals surface area contributed by atoms with Crippen LogP contribution in [0.3, 0.4) is 0 Å². The van der Waals surface area contributed by atoms with Gasteiger partial charge in [-0.05, 0) is 36.1 Å². The van der Waals surface area contributed by atoms with Crippen LogP contribution < -0.4 is 20.1 Å². The van der Waals surface area contributed by atoms with Crippen LogP contribution in [0.4, 0.5) is 0 Å². The highest BCUT2D eigenvalue weighted by Gasteiger charge is 2.20. The lowest BCUT2D eigenvalue weighted by Crippen LogP contribution is -2.45. The van der Waals surface area contributed by atoms with Crippen LogP contribution >= 0.6 is 24.0 Å². The topological polar surface area (TPSA) is 58.1 Å². The van der Waals surface area contributed by atoms with Gasteiger partial charge >= 0.3 is 0 Å². The molecule has 0 aromatic heterocycles. The van der Waals surface area contributed by atoms with Crippen molar-refractivity contribution >= 4 is 29.9 Å². The van der Waals surface area contributed by atoms with Crippen molar-refractivity contribution in [3.8, 4) is 11.5 Å². The maximum atomic E-state index is 5.98. The van der Waals surface area contributed by atoms with Crippen molar-refractivity contribution in [2.45, 2.75) is 25.5 Å². The van der Waals surface area contributed by atoms with Crippen LogP contribution in [0, 0.1) is 0 Å². The molecule has 0 bridgehead atoms. The minimum atomic E-state index is -0.0307. The Kier molecular flexibility index (Phi) is 8.62. The summed E-state index contributed by atoms with van der Waals surface area (Å²) in [5, 5.41) is 6.74. The van der Waals surface area contributed by atoms with Gasteiger partial charge in [-0.15, -0.1) is 24.0 Å². The van der Waals surface area contributed by atoms with E-state index < -0.39 is 0 Å². The minimum absolute atomic E-state index is 0. The zero-order chi connectivity index (χ0) is 19.9. The number of guanidine groups is 1. The van der Waals surface area contributed by atoms with Gasteiger partial charge in [0.15, 0.2) is 17.5 Å². The summed E-state index contributed by atoms with van der Waals surface area (Å²) in [4.78, 5) is 6.85. The second-order valence-electron chi connectivity index (χ2n) is 7.53. The third-order valence-electron chi connectivity index (χ3n) is 5.44. The van der Waals surface area contributed by atoms with Gasteiger partial charge in [0.2, 0.25) is 0 Å². The maximum Gasteiger partial charge on any atom is 0.191 e. The van der Waals surface area contributed by atoms with Crippen LogP contribution in [0.25, 0.3) is 0 Å². The number of hydrogen-bond donors (Lipinski definition) is 2. The molecule has 30 heavy (non-hydrogen) atoms. The number of halogens is 1. The first kappa shape index (κ1) is 22.7. The normalized spacial score (nSPS) is 18.2. The molecule has 1 unspecified atom stereocenters. The summed E-state index contributed by atoms with van der Waals surface area (Å²) >= 11 is 0. The molecule has 0 amide bonds. The molecule has 2 aromatic rings. The summed E-state index contributed by atoms with van der Waals surface area (Å²) in [6, 6.07) is 16.6. The number of nitrogens with one attached hydrogen (secondary N) is 2. The quantitative estimate of drug-likeness (QED) is 0.265. The van der Waals surface area contributed by atoms with Crippen molar-refractivity contribution in [2.24, 2.45) is 4.99 Å². The van der Waals surface area contributed by atoms with E-state index in [1.54, 1.807) is 7.05 Å². The highest BCUT2D eigenvalue weighted by Crippen LogP contribution is 2.30. The molecule has 6 nitrogen and oxygen atoms in total. The van der Waals surface area contributed by atoms with E-state index in [2.05, 4.69) is 44.8 Å². The molecule has 0 saturated heterocycles. The number of fused-ring (bicyclic) bond motifs is 2. The fourth-order valence-electron chi connectivity index (χ4n) is 3.85. The number of benzene rings is 2. The van der Waals surface area contributed by atoms with Crippen LogP contribution in [0.5, 0.6) is 11.5 Å². The predicted molar refractivity (Wildman–Crippen MR) is 131 cm³/mol. The Morgan fingerprint density at radius 2 is 1.83 bits per heavy atom. The zero-order valence-corrected chi connectivity index (χ0v) is 19.8. The second-order valence-corrected chi connectivity index (χ2v) is 7.53. The van der Waals surface area contributed by atoms with Crippen molar-refractivity contribution < 1.29 is 9.47 Å². The SMILES string of the molecule is CN=C(NCCCN1CCc2ccccc2C1)NCC1COc2ccccc2O1.I. The first-order valence-electron chi connectivity index (χ1n) is 10.4. The average molecular weight is 522 g/mol. The maximum absolute atomic E-state index is 5.98. The van der Waals surface area contributed by atoms with E-state index >= 15 is 0 Å². The number of hydrogen-bond acceptors (Lipinski definition) is 4. The zero-order valence-electron chi connectivity index (χ0n) is 17.5. The van der Waals surface area contributed by atoms with Crippen LogP contribution in [0.1, 0.15) is 17.5 Å². The molecular formula is C23H31IN4O2. The van der Waals surface area contributed by atoms with Gasteiger partial charge in [0.05, 0.1) is 6.54 Å². The molecule has 162 valence electrons. The molecule has 0 spiro atoms. The summed E-state index contributed by atoms with van der Waals surface area (Å²) in [6.45, 7) is 5.37. The van der Waals surface area contributed by atoms with E-state index in [9.17, 15) is 0 Å². The molecule has 1 atom stereocenters. The number of nitrogens with zero attached hydrogens (tertiary/aromatic N) is 2. The molecule has 2 heterocycles. The number of para-hydroxylation sites is 2. The summed E-state index contributed by atoms with van der Waals surface area (Å²) < 4.78 is 11.7. The molecule has 4 rings (SSSR count). The average Bonchev–Trinajstić information content (AvgIpc) is 2.78. The summed E-state index contributed by atoms with van der Waals surface area (Å²) in [6.07, 6.45) is 2.20. The van der Waals surface area contributed by atoms with Gasteiger partial charge in [-0.1, -0.05) is 36.4 Å². The molecule has 2 aliphatic rings. The largest absolute Gasteiger partial charge is 0.486 e. The third-order valence-corrected chi connectivity index (χ3v) is 5.44. The second kappa shape index (κ2) is 11.4. The van der Waals surface area contributed by atoms with Gasteiger partial charge < -0.3 is 20.1 Å². The highest BCUT2D eigenvalue weighted by atomic mass is 127. The molecule has 0 fully saturated rings. The molecule has 0 saturated carbocycles. The molecular weight excluding hydrogens is 491 g/mol. The van der Waals surface area contributed by atoms with E-state index in [1.807, 2.05) is 24.3 Å². The van der Waals surface area contributed by atoms with E-state index in [0.717, 1.165) is 56.5 Å². The van der Waals surface area contributed by atoms with Crippen molar-refractivity contribution in [3.63, 3.8) is 0 Å². The van der Waals surface area contributed by atoms with Gasteiger partial charge in [-0.3, -0.25) is 9.89 Å². The Hall–Kier alpha value is -2.00. The monoisotopic (exact) mass is 522 g/mol. The lowest BCUT2D eigenvalue weighted by molar-refractivity contribution is 0.0936. The highest BCUT2D eigenvalue weighted by molar-refractivity contribution is 14.0. The van der Waals surface area contributed by atoms with E-state index in [-0.39, 0.29) is 30.1 Å². The van der Waals surface area contributed by atoms with Gasteiger partial charge in [0.25, 0.3) is 0 Å². The van der Waals surface area contributed by atoms with Gasteiger partial charge in [0, 0.05) is 33.2 Å². The van der Waals surface area contributed by atoms with Crippen molar-refractivity contribution in [2.75, 3.05) is 39.8 Å². The standard InChI is InChI=1S/C23H30N4O2.HI/c1-24-23(26-15-20-17-28-21-9-4-5-10-22(21)29-20)25-12-6-13-27-14-11-18-7-2-3-8-19(18)16-27;/h2-5,7-10,20H,6,11-17H2,1H3,(H2,24,25,26);1H. The fraction of sp³-hybridized carbons (Fsp3) is 0.435. The van der Waals surface area contributed by atoms with Crippen molar-refractivity contribution in [1.29, 1.82) is 0 Å². The lowest BCUT2D eigenvalue weighted by Gasteiger charge is -2.29. The molecule has 2 N–H and O–H groups in total. The smallest absolute Gasteiger partial charge is 0.191 e. The number of ether oxygens (including phenoxy) is 2. The van der Waals surface area contributed by atoms with Crippen LogP contribution in [0.2, 0.25) is 0 Å². The predicted octanol–water partition coefficient (Wildman–Crippen LogP) is 3.06. The Morgan fingerprint density at radius 1 is 1.07 bits per heavy atom. The van der Waals surface area contributed by atoms with Crippen LogP contribution in [-0.2, 0) is 13.0 Å². The van der Waals surface area contributed by atoms with Crippen molar-refractivity contribution in [1.82, 2.24) is 15.5 Å². The van der Waals surface area contributed by atoms with E-state index in [1.165, 1.54) is 11.1 Å². The Morgan fingerprint density at radius 3 is 2.67 bits per heavy atom. The Bertz CT molecular complexity index is 845. The number of aliphatic imine (C=N–C) groups is 1. The van der Waals surface area contributed by atoms with E-state index in [4.69, 9.17) is 9.47 Å². The molecule has 2 aromatic carbocycles. The van der Waals surface area contributed by atoms with Crippen LogP contribution in [0.15, 0.2) is 53.5 Å². The molecule has 0 aliphatic carbocycles. The van der Waals surface area contributed by atoms with Gasteiger partial charge in [-0.2, -0.15) is 0 Å². The minimum Gasteiger partial charge on any atom is -0.486 e. The fourth-order valence-corrected chi connectivity index (χ4v) is 3.85. The van der Waals surface area contributed by atoms with Gasteiger partial charge in [-0.25, -0.2) is 0 Å². The molecule has 7 heteroatoms. The molecule has 2 aliphatic heterocycles. The Balaban J connectivity index is 0.00000256. The molecule has 0 radical (unpaired) electrons. The first-order valence-corrected chi connectivity index (χ1v) is 10.4. The summed E-state index contributed by atoms with van der Waals surface area (Å²) in [5.74, 6) is 2.42. The lowest BCUT2D eigenvalue weighted by atomic mass is 10.00. The summed E-state index contributed by atoms with van der Waals surface area (Å²) in [5.41, 5.74) is 2.98. The van der Waals surface area contributed by atoms with E-state index in [0.29, 0.717) is 13.2 Å². The van der Waals surface area contributed by atoms with Crippen molar-refractivity contribution in [3.05, 3.63) is 59.7 Å². The van der Waals surface area contributed by atoms with Gasteiger partial charge in [0.1, 0.15) is 12.7 Å². The Labute approximate surface area is 196 Å². The first-order chi connectivity index (χ1) is 14.3. The number of rotatable bonds is 6. The van der Waals surface area contributed by atoms with Crippen LogP contribution in [-0.4, -0.2) is 56.8 Å².